The van der Waals surface area contributed by atoms with E-state index in [0.717, 1.165) is 18.5 Å². The second-order valence-electron chi connectivity index (χ2n) is 7.64. The lowest BCUT2D eigenvalue weighted by Gasteiger charge is -2.15. The van der Waals surface area contributed by atoms with Crippen molar-refractivity contribution in [2.24, 2.45) is 0 Å². The first-order valence-corrected chi connectivity index (χ1v) is 10.7. The molecule has 0 unspecified atom stereocenters. The topological polar surface area (TPSA) is 63.0 Å². The van der Waals surface area contributed by atoms with E-state index in [-0.39, 0.29) is 11.1 Å². The zero-order chi connectivity index (χ0) is 22.1. The van der Waals surface area contributed by atoms with E-state index in [2.05, 4.69) is 10.00 Å². The van der Waals surface area contributed by atoms with Crippen LogP contribution in [0.25, 0.3) is 27.8 Å². The number of hydrogen-bond acceptors (Lipinski definition) is 3. The van der Waals surface area contributed by atoms with Crippen molar-refractivity contribution in [1.82, 2.24) is 19.2 Å². The SMILES string of the molecule is CN(C)CCCn1c(-c2ccc(Cl)cc2)c2c(=O)n(-c3ccccc3Cl)[nH]c2cc1=O. The first-order chi connectivity index (χ1) is 14.9. The number of rotatable bonds is 6. The van der Waals surface area contributed by atoms with Crippen molar-refractivity contribution in [3.8, 4) is 16.9 Å². The van der Waals surface area contributed by atoms with Gasteiger partial charge in [0.05, 0.1) is 27.3 Å². The molecule has 0 aliphatic carbocycles. The molecule has 0 saturated heterocycles. The Balaban J connectivity index is 2.00. The minimum Gasteiger partial charge on any atom is -0.309 e. The van der Waals surface area contributed by atoms with Crippen molar-refractivity contribution >= 4 is 34.1 Å². The van der Waals surface area contributed by atoms with E-state index in [9.17, 15) is 9.59 Å². The standard InChI is InChI=1S/C23H22Cl2N4O2/c1-27(2)12-5-13-28-20(30)14-18-21(22(28)15-8-10-16(24)11-9-15)23(31)29(26-18)19-7-4-3-6-17(19)25/h3-4,6-11,14,26H,5,12-13H2,1-2H3. The van der Waals surface area contributed by atoms with Gasteiger partial charge < -0.3 is 9.47 Å². The van der Waals surface area contributed by atoms with Crippen molar-refractivity contribution < 1.29 is 0 Å². The average Bonchev–Trinajstić information content (AvgIpc) is 3.05. The van der Waals surface area contributed by atoms with E-state index in [1.54, 1.807) is 41.0 Å². The lowest BCUT2D eigenvalue weighted by atomic mass is 10.1. The molecule has 2 aromatic carbocycles. The molecule has 2 heterocycles. The molecule has 8 heteroatoms. The number of para-hydroxylation sites is 1. The summed E-state index contributed by atoms with van der Waals surface area (Å²) in [7, 11) is 3.97. The number of nitrogens with one attached hydrogen (secondary N) is 1. The molecule has 0 fully saturated rings. The summed E-state index contributed by atoms with van der Waals surface area (Å²) >= 11 is 12.4. The summed E-state index contributed by atoms with van der Waals surface area (Å²) in [6, 6.07) is 15.7. The smallest absolute Gasteiger partial charge is 0.281 e. The van der Waals surface area contributed by atoms with Gasteiger partial charge in [0.2, 0.25) is 0 Å². The van der Waals surface area contributed by atoms with E-state index in [1.165, 1.54) is 10.7 Å². The largest absolute Gasteiger partial charge is 0.309 e. The summed E-state index contributed by atoms with van der Waals surface area (Å²) in [5.74, 6) is 0. The Bertz CT molecular complexity index is 1350. The molecule has 160 valence electrons. The number of aromatic amines is 1. The Kier molecular flexibility index (Phi) is 6.05. The van der Waals surface area contributed by atoms with Crippen LogP contribution in [-0.2, 0) is 6.54 Å². The summed E-state index contributed by atoms with van der Waals surface area (Å²) in [6.07, 6.45) is 0.766. The Morgan fingerprint density at radius 1 is 1.00 bits per heavy atom. The third-order valence-corrected chi connectivity index (χ3v) is 5.73. The maximum atomic E-state index is 13.5. The lowest BCUT2D eigenvalue weighted by Crippen LogP contribution is -2.25. The monoisotopic (exact) mass is 456 g/mol. The normalized spacial score (nSPS) is 11.5. The number of pyridine rings is 1. The highest BCUT2D eigenvalue weighted by Crippen LogP contribution is 2.27. The minimum atomic E-state index is -0.269. The van der Waals surface area contributed by atoms with Crippen LogP contribution in [-0.4, -0.2) is 39.9 Å². The van der Waals surface area contributed by atoms with Crippen LogP contribution in [0.15, 0.2) is 64.2 Å². The van der Waals surface area contributed by atoms with E-state index in [4.69, 9.17) is 23.2 Å². The van der Waals surface area contributed by atoms with Crippen molar-refractivity contribution in [3.05, 3.63) is 85.4 Å². The molecule has 2 aromatic heterocycles. The molecule has 0 bridgehead atoms. The van der Waals surface area contributed by atoms with Gasteiger partial charge in [0.25, 0.3) is 11.1 Å². The molecule has 0 radical (unpaired) electrons. The molecule has 0 aliphatic rings. The van der Waals surface area contributed by atoms with E-state index in [1.807, 2.05) is 26.2 Å². The molecule has 0 saturated carbocycles. The number of nitrogens with zero attached hydrogens (tertiary/aromatic N) is 3. The van der Waals surface area contributed by atoms with Gasteiger partial charge in [-0.2, -0.15) is 0 Å². The van der Waals surface area contributed by atoms with E-state index in [0.29, 0.717) is 38.9 Å². The fourth-order valence-corrected chi connectivity index (χ4v) is 4.06. The predicted octanol–water partition coefficient (Wildman–Crippen LogP) is 4.41. The third-order valence-electron chi connectivity index (χ3n) is 5.16. The number of halogens is 2. The van der Waals surface area contributed by atoms with Crippen LogP contribution >= 0.6 is 23.2 Å². The van der Waals surface area contributed by atoms with E-state index < -0.39 is 0 Å². The molecule has 0 spiro atoms. The van der Waals surface area contributed by atoms with Crippen LogP contribution < -0.4 is 11.1 Å². The summed E-state index contributed by atoms with van der Waals surface area (Å²) < 4.78 is 3.05. The Hall–Kier alpha value is -2.80. The molecule has 0 amide bonds. The van der Waals surface area contributed by atoms with Gasteiger partial charge in [0.1, 0.15) is 0 Å². The zero-order valence-electron chi connectivity index (χ0n) is 17.2. The summed E-state index contributed by atoms with van der Waals surface area (Å²) in [6.45, 7) is 1.31. The highest BCUT2D eigenvalue weighted by Gasteiger charge is 2.20. The first-order valence-electron chi connectivity index (χ1n) is 9.91. The van der Waals surface area contributed by atoms with Crippen molar-refractivity contribution in [3.63, 3.8) is 0 Å². The number of fused-ring (bicyclic) bond motifs is 1. The number of H-pyrrole nitrogens is 1. The molecule has 0 aliphatic heterocycles. The fraction of sp³-hybridized carbons (Fsp3) is 0.217. The molecule has 1 N–H and O–H groups in total. The van der Waals surface area contributed by atoms with Crippen LogP contribution in [0.1, 0.15) is 6.42 Å². The summed E-state index contributed by atoms with van der Waals surface area (Å²) in [5.41, 5.74) is 1.87. The molecular formula is C23H22Cl2N4O2. The quantitative estimate of drug-likeness (QED) is 0.467. The van der Waals surface area contributed by atoms with Gasteiger partial charge in [0, 0.05) is 17.6 Å². The van der Waals surface area contributed by atoms with Gasteiger partial charge in [-0.15, -0.1) is 0 Å². The molecule has 0 atom stereocenters. The molecule has 4 rings (SSSR count). The second kappa shape index (κ2) is 8.75. The fourth-order valence-electron chi connectivity index (χ4n) is 3.71. The van der Waals surface area contributed by atoms with E-state index >= 15 is 0 Å². The number of hydrogen-bond donors (Lipinski definition) is 1. The first kappa shape index (κ1) is 21.4. The molecule has 4 aromatic rings. The van der Waals surface area contributed by atoms with Crippen LogP contribution in [0, 0.1) is 0 Å². The third kappa shape index (κ3) is 4.19. The Labute approximate surface area is 189 Å². The van der Waals surface area contributed by atoms with Crippen LogP contribution in [0.3, 0.4) is 0 Å². The highest BCUT2D eigenvalue weighted by molar-refractivity contribution is 6.32. The van der Waals surface area contributed by atoms with Crippen LogP contribution in [0.4, 0.5) is 0 Å². The average molecular weight is 457 g/mol. The van der Waals surface area contributed by atoms with Crippen molar-refractivity contribution in [2.45, 2.75) is 13.0 Å². The summed E-state index contributed by atoms with van der Waals surface area (Å²) in [4.78, 5) is 28.6. The van der Waals surface area contributed by atoms with Crippen LogP contribution in [0.5, 0.6) is 0 Å². The van der Waals surface area contributed by atoms with Gasteiger partial charge in [0.15, 0.2) is 0 Å². The van der Waals surface area contributed by atoms with Crippen molar-refractivity contribution in [2.75, 3.05) is 20.6 Å². The Morgan fingerprint density at radius 2 is 1.71 bits per heavy atom. The molecule has 6 nitrogen and oxygen atoms in total. The lowest BCUT2D eigenvalue weighted by molar-refractivity contribution is 0.385. The molecule has 31 heavy (non-hydrogen) atoms. The highest BCUT2D eigenvalue weighted by atomic mass is 35.5. The summed E-state index contributed by atoms with van der Waals surface area (Å²) in [5, 5.41) is 4.51. The Morgan fingerprint density at radius 3 is 2.39 bits per heavy atom. The second-order valence-corrected chi connectivity index (χ2v) is 8.48. The zero-order valence-corrected chi connectivity index (χ0v) is 18.7. The van der Waals surface area contributed by atoms with Gasteiger partial charge in [-0.1, -0.05) is 47.5 Å². The van der Waals surface area contributed by atoms with Gasteiger partial charge in [-0.3, -0.25) is 14.7 Å². The van der Waals surface area contributed by atoms with Crippen LogP contribution in [0.2, 0.25) is 10.0 Å². The van der Waals surface area contributed by atoms with Gasteiger partial charge >= 0.3 is 0 Å². The molecular weight excluding hydrogens is 435 g/mol. The number of aromatic nitrogens is 3. The maximum absolute atomic E-state index is 13.5. The van der Waals surface area contributed by atoms with Gasteiger partial charge in [-0.05, 0) is 56.9 Å². The predicted molar refractivity (Wildman–Crippen MR) is 127 cm³/mol. The van der Waals surface area contributed by atoms with Gasteiger partial charge in [-0.25, -0.2) is 4.68 Å². The maximum Gasteiger partial charge on any atom is 0.281 e. The van der Waals surface area contributed by atoms with Crippen molar-refractivity contribution in [1.29, 1.82) is 0 Å². The minimum absolute atomic E-state index is 0.177. The number of benzene rings is 2.